The summed E-state index contributed by atoms with van der Waals surface area (Å²) in [5.74, 6) is 3.36. The summed E-state index contributed by atoms with van der Waals surface area (Å²) in [4.78, 5) is 26.9. The van der Waals surface area contributed by atoms with Gasteiger partial charge in [-0.3, -0.25) is 9.59 Å². The molecule has 1 saturated carbocycles. The van der Waals surface area contributed by atoms with Gasteiger partial charge in [0.1, 0.15) is 17.6 Å². The molecule has 1 aliphatic heterocycles. The number of anilines is 1. The average molecular weight is 407 g/mol. The van der Waals surface area contributed by atoms with Crippen LogP contribution in [0.15, 0.2) is 46.9 Å². The summed E-state index contributed by atoms with van der Waals surface area (Å²) >= 11 is 1.55. The van der Waals surface area contributed by atoms with Crippen LogP contribution < -0.4 is 5.32 Å². The Bertz CT molecular complexity index is 989. The van der Waals surface area contributed by atoms with Crippen LogP contribution in [0.25, 0.3) is 6.08 Å². The van der Waals surface area contributed by atoms with Crippen molar-refractivity contribution in [1.29, 1.82) is 5.26 Å². The van der Waals surface area contributed by atoms with Gasteiger partial charge in [0.15, 0.2) is 0 Å². The van der Waals surface area contributed by atoms with Crippen LogP contribution >= 0.6 is 11.8 Å². The molecule has 1 aromatic heterocycles. The van der Waals surface area contributed by atoms with E-state index in [1.54, 1.807) is 47.0 Å². The van der Waals surface area contributed by atoms with E-state index in [4.69, 9.17) is 9.68 Å². The summed E-state index contributed by atoms with van der Waals surface area (Å²) in [7, 11) is 0. The van der Waals surface area contributed by atoms with E-state index in [-0.39, 0.29) is 11.8 Å². The lowest BCUT2D eigenvalue weighted by Crippen LogP contribution is -2.43. The van der Waals surface area contributed by atoms with E-state index >= 15 is 0 Å². The van der Waals surface area contributed by atoms with E-state index in [0.29, 0.717) is 40.5 Å². The van der Waals surface area contributed by atoms with Crippen molar-refractivity contribution in [3.8, 4) is 6.07 Å². The second-order valence-corrected chi connectivity index (χ2v) is 8.39. The Kier molecular flexibility index (Phi) is 5.45. The molecular weight excluding hydrogens is 386 g/mol. The first-order chi connectivity index (χ1) is 14.0. The number of nitriles is 1. The Hall–Kier alpha value is -2.98. The first kappa shape index (κ1) is 19.3. The summed E-state index contributed by atoms with van der Waals surface area (Å²) < 4.78 is 5.80. The van der Waals surface area contributed by atoms with E-state index in [1.165, 1.54) is 6.08 Å². The van der Waals surface area contributed by atoms with Gasteiger partial charge in [-0.2, -0.15) is 5.26 Å². The monoisotopic (exact) mass is 407 g/mol. The van der Waals surface area contributed by atoms with E-state index in [9.17, 15) is 9.59 Å². The fourth-order valence-electron chi connectivity index (χ4n) is 3.36. The SMILES string of the molecule is CC1CC1c1ccc(C=CC(=O)N2CSCC2C(=O)Nc2ccc(C#N)cc2)o1. The topological polar surface area (TPSA) is 86.3 Å². The number of benzene rings is 1. The Morgan fingerprint density at radius 3 is 2.72 bits per heavy atom. The molecule has 2 aliphatic rings. The molecule has 1 aliphatic carbocycles. The average Bonchev–Trinajstić information content (AvgIpc) is 3.15. The van der Waals surface area contributed by atoms with Crippen molar-refractivity contribution in [3.63, 3.8) is 0 Å². The molecular formula is C22H21N3O3S. The third-order valence-corrected chi connectivity index (χ3v) is 6.27. The minimum absolute atomic E-state index is 0.215. The molecule has 7 heteroatoms. The minimum atomic E-state index is -0.535. The van der Waals surface area contributed by atoms with Gasteiger partial charge in [-0.15, -0.1) is 11.8 Å². The molecule has 148 valence electrons. The number of nitrogens with one attached hydrogen (secondary N) is 1. The standard InChI is InChI=1S/C22H21N3O3S/c1-14-10-18(14)20-8-6-17(28-20)7-9-21(26)25-13-29-12-19(25)22(27)24-16-4-2-15(11-23)3-5-16/h2-9,14,18-19H,10,12-13H2,1H3,(H,24,27). The smallest absolute Gasteiger partial charge is 0.248 e. The van der Waals surface area contributed by atoms with Gasteiger partial charge < -0.3 is 14.6 Å². The van der Waals surface area contributed by atoms with Crippen molar-refractivity contribution in [2.75, 3.05) is 16.9 Å². The zero-order chi connectivity index (χ0) is 20.4. The number of thioether (sulfide) groups is 1. The number of furan rings is 1. The fourth-order valence-corrected chi connectivity index (χ4v) is 4.52. The molecule has 0 bridgehead atoms. The molecule has 2 amide bonds. The molecule has 0 radical (unpaired) electrons. The maximum absolute atomic E-state index is 12.6. The van der Waals surface area contributed by atoms with Crippen LogP contribution in [0.4, 0.5) is 5.69 Å². The van der Waals surface area contributed by atoms with Crippen molar-refractivity contribution in [1.82, 2.24) is 4.90 Å². The second kappa shape index (κ2) is 8.18. The number of nitrogens with zero attached hydrogens (tertiary/aromatic N) is 2. The van der Waals surface area contributed by atoms with Crippen molar-refractivity contribution < 1.29 is 14.0 Å². The third-order valence-electron chi connectivity index (χ3n) is 5.26. The lowest BCUT2D eigenvalue weighted by atomic mass is 10.2. The van der Waals surface area contributed by atoms with Crippen molar-refractivity contribution >= 4 is 35.3 Å². The molecule has 2 fully saturated rings. The normalized spacial score (nSPS) is 23.2. The summed E-state index contributed by atoms with van der Waals surface area (Å²) in [6, 6.07) is 12.0. The van der Waals surface area contributed by atoms with Crippen molar-refractivity contribution in [2.24, 2.45) is 5.92 Å². The Balaban J connectivity index is 1.37. The van der Waals surface area contributed by atoms with Gasteiger partial charge in [-0.1, -0.05) is 6.92 Å². The summed E-state index contributed by atoms with van der Waals surface area (Å²) in [6.07, 6.45) is 4.28. The van der Waals surface area contributed by atoms with Gasteiger partial charge >= 0.3 is 0 Å². The predicted molar refractivity (Wildman–Crippen MR) is 112 cm³/mol. The first-order valence-electron chi connectivity index (χ1n) is 9.52. The highest BCUT2D eigenvalue weighted by Gasteiger charge is 2.36. The Morgan fingerprint density at radius 2 is 2.03 bits per heavy atom. The fraction of sp³-hybridized carbons (Fsp3) is 0.318. The predicted octanol–water partition coefficient (Wildman–Crippen LogP) is 3.83. The molecule has 1 saturated heterocycles. The van der Waals surface area contributed by atoms with Crippen LogP contribution in [0.1, 0.15) is 36.3 Å². The van der Waals surface area contributed by atoms with Gasteiger partial charge in [-0.25, -0.2) is 0 Å². The van der Waals surface area contributed by atoms with Crippen LogP contribution in [0.5, 0.6) is 0 Å². The van der Waals surface area contributed by atoms with E-state index in [2.05, 4.69) is 12.2 Å². The number of hydrogen-bond acceptors (Lipinski definition) is 5. The molecule has 1 aromatic carbocycles. The van der Waals surface area contributed by atoms with Crippen LogP contribution in [0, 0.1) is 17.2 Å². The number of hydrogen-bond donors (Lipinski definition) is 1. The molecule has 0 spiro atoms. The minimum Gasteiger partial charge on any atom is -0.461 e. The van der Waals surface area contributed by atoms with E-state index < -0.39 is 6.04 Å². The molecule has 3 unspecified atom stereocenters. The van der Waals surface area contributed by atoms with Gasteiger partial charge in [0.25, 0.3) is 0 Å². The molecule has 6 nitrogen and oxygen atoms in total. The van der Waals surface area contributed by atoms with E-state index in [0.717, 1.165) is 12.2 Å². The third kappa shape index (κ3) is 4.38. The van der Waals surface area contributed by atoms with Crippen molar-refractivity contribution in [2.45, 2.75) is 25.3 Å². The summed E-state index contributed by atoms with van der Waals surface area (Å²) in [6.45, 7) is 2.19. The second-order valence-electron chi connectivity index (χ2n) is 7.40. The number of amides is 2. The molecule has 2 aromatic rings. The lowest BCUT2D eigenvalue weighted by Gasteiger charge is -2.21. The lowest BCUT2D eigenvalue weighted by molar-refractivity contribution is -0.132. The zero-order valence-electron chi connectivity index (χ0n) is 16.0. The highest BCUT2D eigenvalue weighted by atomic mass is 32.2. The maximum atomic E-state index is 12.6. The van der Waals surface area contributed by atoms with Gasteiger partial charge in [0, 0.05) is 23.4 Å². The molecule has 1 N–H and O–H groups in total. The number of carbonyl (C=O) groups is 2. The molecule has 2 heterocycles. The Labute approximate surface area is 173 Å². The van der Waals surface area contributed by atoms with E-state index in [1.807, 2.05) is 18.2 Å². The van der Waals surface area contributed by atoms with Crippen LogP contribution in [-0.2, 0) is 9.59 Å². The molecule has 29 heavy (non-hydrogen) atoms. The van der Waals surface area contributed by atoms with Gasteiger partial charge in [0.05, 0.1) is 17.5 Å². The quantitative estimate of drug-likeness (QED) is 0.762. The highest BCUT2D eigenvalue weighted by molar-refractivity contribution is 7.99. The Morgan fingerprint density at radius 1 is 1.28 bits per heavy atom. The largest absolute Gasteiger partial charge is 0.461 e. The molecule has 3 atom stereocenters. The van der Waals surface area contributed by atoms with Crippen molar-refractivity contribution in [3.05, 3.63) is 59.6 Å². The summed E-state index contributed by atoms with van der Waals surface area (Å²) in [5, 5.41) is 11.7. The maximum Gasteiger partial charge on any atom is 0.248 e. The van der Waals surface area contributed by atoms with Crippen LogP contribution in [0.3, 0.4) is 0 Å². The first-order valence-corrected chi connectivity index (χ1v) is 10.7. The van der Waals surface area contributed by atoms with Crippen LogP contribution in [0.2, 0.25) is 0 Å². The molecule has 4 rings (SSSR count). The highest BCUT2D eigenvalue weighted by Crippen LogP contribution is 2.47. The zero-order valence-corrected chi connectivity index (χ0v) is 16.8. The van der Waals surface area contributed by atoms with Gasteiger partial charge in [0.2, 0.25) is 11.8 Å². The van der Waals surface area contributed by atoms with Gasteiger partial charge in [-0.05, 0) is 54.8 Å². The van der Waals surface area contributed by atoms with Crippen LogP contribution in [-0.4, -0.2) is 34.4 Å². The summed E-state index contributed by atoms with van der Waals surface area (Å²) in [5.41, 5.74) is 1.13. The number of carbonyl (C=O) groups excluding carboxylic acids is 2. The number of rotatable bonds is 5.